The Bertz CT molecular complexity index is 480. The van der Waals surface area contributed by atoms with Gasteiger partial charge in [0.15, 0.2) is 0 Å². The molecule has 1 N–H and O–H groups in total. The van der Waals surface area contributed by atoms with Gasteiger partial charge in [-0.25, -0.2) is 0 Å². The fourth-order valence-electron chi connectivity index (χ4n) is 4.92. The molecule has 124 valence electrons. The molecule has 0 aromatic carbocycles. The molecule has 0 aromatic rings. The lowest BCUT2D eigenvalue weighted by Gasteiger charge is -2.55. The smallest absolute Gasteiger partial charge is 0.0920 e. The maximum Gasteiger partial charge on any atom is 0.0920 e. The molecule has 1 heterocycles. The van der Waals surface area contributed by atoms with Crippen molar-refractivity contribution in [2.24, 2.45) is 17.3 Å². The lowest BCUT2D eigenvalue weighted by Crippen LogP contribution is -2.46. The molecule has 3 rings (SSSR count). The van der Waals surface area contributed by atoms with Crippen molar-refractivity contribution in [1.82, 2.24) is 0 Å². The van der Waals surface area contributed by atoms with Gasteiger partial charge in [-0.15, -0.1) is 0 Å². The first-order chi connectivity index (χ1) is 10.4. The van der Waals surface area contributed by atoms with Gasteiger partial charge in [0.05, 0.1) is 18.3 Å². The fourth-order valence-corrected chi connectivity index (χ4v) is 4.92. The lowest BCUT2D eigenvalue weighted by molar-refractivity contribution is -0.0254. The highest BCUT2D eigenvalue weighted by Gasteiger charge is 2.56. The third-order valence-electron chi connectivity index (χ3n) is 6.76. The average molecular weight is 304 g/mol. The van der Waals surface area contributed by atoms with Crippen molar-refractivity contribution in [2.75, 3.05) is 6.61 Å². The van der Waals surface area contributed by atoms with Crippen LogP contribution in [0.4, 0.5) is 0 Å². The SMILES string of the molecule is C=C1CCC2OC2(C)CCC2C1CC2(C)CCC=C(C)CO. The summed E-state index contributed by atoms with van der Waals surface area (Å²) in [6, 6.07) is 0. The minimum absolute atomic E-state index is 0.166. The maximum atomic E-state index is 9.13. The number of hydrogen-bond acceptors (Lipinski definition) is 2. The highest BCUT2D eigenvalue weighted by atomic mass is 16.6. The third kappa shape index (κ3) is 2.92. The van der Waals surface area contributed by atoms with Gasteiger partial charge >= 0.3 is 0 Å². The first-order valence-corrected chi connectivity index (χ1v) is 9.00. The van der Waals surface area contributed by atoms with E-state index in [1.807, 2.05) is 6.92 Å². The molecule has 22 heavy (non-hydrogen) atoms. The van der Waals surface area contributed by atoms with Crippen LogP contribution in [-0.2, 0) is 4.74 Å². The van der Waals surface area contributed by atoms with E-state index in [2.05, 4.69) is 26.5 Å². The monoisotopic (exact) mass is 304 g/mol. The molecule has 0 bridgehead atoms. The van der Waals surface area contributed by atoms with Gasteiger partial charge in [0.25, 0.3) is 0 Å². The Hall–Kier alpha value is -0.600. The van der Waals surface area contributed by atoms with Crippen molar-refractivity contribution in [1.29, 1.82) is 0 Å². The Morgan fingerprint density at radius 1 is 1.41 bits per heavy atom. The quantitative estimate of drug-likeness (QED) is 0.606. The molecule has 0 spiro atoms. The zero-order chi connectivity index (χ0) is 16.0. The summed E-state index contributed by atoms with van der Waals surface area (Å²) in [5.74, 6) is 1.52. The van der Waals surface area contributed by atoms with E-state index in [9.17, 15) is 0 Å². The molecule has 2 heteroatoms. The van der Waals surface area contributed by atoms with Gasteiger partial charge in [0.1, 0.15) is 0 Å². The van der Waals surface area contributed by atoms with E-state index in [1.165, 1.54) is 37.7 Å². The fraction of sp³-hybridized carbons (Fsp3) is 0.800. The molecule has 1 aliphatic heterocycles. The van der Waals surface area contributed by atoms with E-state index in [-0.39, 0.29) is 12.2 Å². The van der Waals surface area contributed by atoms with Gasteiger partial charge in [-0.05, 0) is 76.0 Å². The highest BCUT2D eigenvalue weighted by molar-refractivity contribution is 5.17. The van der Waals surface area contributed by atoms with Crippen LogP contribution in [0.1, 0.15) is 65.7 Å². The van der Waals surface area contributed by atoms with Crippen molar-refractivity contribution in [3.05, 3.63) is 23.8 Å². The van der Waals surface area contributed by atoms with Crippen LogP contribution in [0.5, 0.6) is 0 Å². The predicted molar refractivity (Wildman–Crippen MR) is 90.7 cm³/mol. The number of hydrogen-bond donors (Lipinski definition) is 1. The van der Waals surface area contributed by atoms with Crippen LogP contribution >= 0.6 is 0 Å². The topological polar surface area (TPSA) is 32.8 Å². The molecule has 0 aromatic heterocycles. The molecule has 3 fully saturated rings. The van der Waals surface area contributed by atoms with Gasteiger partial charge in [0, 0.05) is 0 Å². The first kappa shape index (κ1) is 16.3. The van der Waals surface area contributed by atoms with E-state index in [0.29, 0.717) is 11.5 Å². The van der Waals surface area contributed by atoms with Crippen LogP contribution in [0.2, 0.25) is 0 Å². The summed E-state index contributed by atoms with van der Waals surface area (Å²) in [5, 5.41) is 9.13. The minimum atomic E-state index is 0.166. The zero-order valence-electron chi connectivity index (χ0n) is 14.5. The standard InChI is InChI=1S/C20H32O2/c1-14(13-21)6-5-10-19(3)12-16-15(2)7-8-18-20(4,22-18)11-9-17(16)19/h6,16-18,21H,2,5,7-13H2,1,3-4H3. The molecule has 5 unspecified atom stereocenters. The van der Waals surface area contributed by atoms with Gasteiger partial charge in [-0.3, -0.25) is 0 Å². The van der Waals surface area contributed by atoms with Crippen LogP contribution in [0.15, 0.2) is 23.8 Å². The molecule has 2 nitrogen and oxygen atoms in total. The van der Waals surface area contributed by atoms with E-state index in [0.717, 1.165) is 30.3 Å². The molecule has 2 saturated carbocycles. The van der Waals surface area contributed by atoms with Crippen LogP contribution in [0.25, 0.3) is 0 Å². The summed E-state index contributed by atoms with van der Waals surface area (Å²) in [4.78, 5) is 0. The van der Waals surface area contributed by atoms with Gasteiger partial charge in [0.2, 0.25) is 0 Å². The summed E-state index contributed by atoms with van der Waals surface area (Å²) in [7, 11) is 0. The van der Waals surface area contributed by atoms with Crippen LogP contribution < -0.4 is 0 Å². The number of aliphatic hydroxyl groups excluding tert-OH is 1. The summed E-state index contributed by atoms with van der Waals surface area (Å²) in [6.45, 7) is 11.4. The molecule has 0 amide bonds. The Morgan fingerprint density at radius 2 is 2.18 bits per heavy atom. The van der Waals surface area contributed by atoms with Gasteiger partial charge in [-0.2, -0.15) is 0 Å². The second-order valence-electron chi connectivity index (χ2n) is 8.47. The first-order valence-electron chi connectivity index (χ1n) is 9.00. The molecule has 5 atom stereocenters. The zero-order valence-corrected chi connectivity index (χ0v) is 14.5. The second kappa shape index (κ2) is 5.79. The molecule has 1 saturated heterocycles. The van der Waals surface area contributed by atoms with Gasteiger partial charge in [-0.1, -0.05) is 30.7 Å². The van der Waals surface area contributed by atoms with Gasteiger partial charge < -0.3 is 9.84 Å². The summed E-state index contributed by atoms with van der Waals surface area (Å²) >= 11 is 0. The van der Waals surface area contributed by atoms with Crippen molar-refractivity contribution >= 4 is 0 Å². The lowest BCUT2D eigenvalue weighted by atomic mass is 9.50. The number of ether oxygens (including phenoxy) is 1. The Balaban J connectivity index is 1.64. The van der Waals surface area contributed by atoms with E-state index < -0.39 is 0 Å². The van der Waals surface area contributed by atoms with E-state index in [4.69, 9.17) is 9.84 Å². The Kier molecular flexibility index (Phi) is 4.28. The largest absolute Gasteiger partial charge is 0.392 e. The summed E-state index contributed by atoms with van der Waals surface area (Å²) < 4.78 is 5.95. The van der Waals surface area contributed by atoms with Crippen LogP contribution in [0, 0.1) is 17.3 Å². The maximum absolute atomic E-state index is 9.13. The van der Waals surface area contributed by atoms with Crippen LogP contribution in [0.3, 0.4) is 0 Å². The molecule has 2 aliphatic carbocycles. The Morgan fingerprint density at radius 3 is 2.91 bits per heavy atom. The number of epoxide rings is 1. The van der Waals surface area contributed by atoms with E-state index in [1.54, 1.807) is 0 Å². The number of allylic oxidation sites excluding steroid dienone is 2. The van der Waals surface area contributed by atoms with Crippen LogP contribution in [-0.4, -0.2) is 23.4 Å². The highest BCUT2D eigenvalue weighted by Crippen LogP contribution is 2.61. The summed E-state index contributed by atoms with van der Waals surface area (Å²) in [5.41, 5.74) is 3.19. The third-order valence-corrected chi connectivity index (χ3v) is 6.76. The van der Waals surface area contributed by atoms with Crippen molar-refractivity contribution in [3.63, 3.8) is 0 Å². The second-order valence-corrected chi connectivity index (χ2v) is 8.47. The van der Waals surface area contributed by atoms with Crippen molar-refractivity contribution in [2.45, 2.75) is 77.4 Å². The number of aliphatic hydroxyl groups is 1. The molecular formula is C20H32O2. The van der Waals surface area contributed by atoms with Crippen molar-refractivity contribution in [3.8, 4) is 0 Å². The predicted octanol–water partition coefficient (Wildman–Crippen LogP) is 4.64. The summed E-state index contributed by atoms with van der Waals surface area (Å²) in [6.07, 6.45) is 11.2. The molecule has 0 radical (unpaired) electrons. The minimum Gasteiger partial charge on any atom is -0.392 e. The normalized spacial score (nSPS) is 45.0. The van der Waals surface area contributed by atoms with Crippen molar-refractivity contribution < 1.29 is 9.84 Å². The molecular weight excluding hydrogens is 272 g/mol. The van der Waals surface area contributed by atoms with E-state index >= 15 is 0 Å². The number of fused-ring (bicyclic) bond motifs is 2. The average Bonchev–Trinajstić information content (AvgIpc) is 3.11. The Labute approximate surface area is 135 Å². The molecule has 3 aliphatic rings. The number of rotatable bonds is 4.